The Kier molecular flexibility index (Phi) is 4.66. The van der Waals surface area contributed by atoms with Crippen molar-refractivity contribution < 1.29 is 4.74 Å². The smallest absolute Gasteiger partial charge is 0.0576 e. The lowest BCUT2D eigenvalue weighted by atomic mass is 9.90. The van der Waals surface area contributed by atoms with E-state index in [0.29, 0.717) is 6.10 Å². The van der Waals surface area contributed by atoms with E-state index in [4.69, 9.17) is 4.74 Å². The Hall–Kier alpha value is -0.0800. The molecule has 94 valence electrons. The van der Waals surface area contributed by atoms with E-state index in [1.807, 2.05) is 0 Å². The van der Waals surface area contributed by atoms with Gasteiger partial charge >= 0.3 is 0 Å². The minimum atomic E-state index is 0.594. The number of hydrogen-bond acceptors (Lipinski definition) is 2. The molecule has 0 bridgehead atoms. The van der Waals surface area contributed by atoms with Gasteiger partial charge in [-0.1, -0.05) is 19.8 Å². The van der Waals surface area contributed by atoms with Crippen molar-refractivity contribution >= 4 is 0 Å². The highest BCUT2D eigenvalue weighted by molar-refractivity contribution is 4.86. The van der Waals surface area contributed by atoms with Crippen molar-refractivity contribution in [1.29, 1.82) is 0 Å². The van der Waals surface area contributed by atoms with Crippen LogP contribution >= 0.6 is 0 Å². The maximum atomic E-state index is 5.67. The second-order valence-electron chi connectivity index (χ2n) is 5.66. The lowest BCUT2D eigenvalue weighted by molar-refractivity contribution is 0.100. The summed E-state index contributed by atoms with van der Waals surface area (Å²) in [5, 5.41) is 3.45. The van der Waals surface area contributed by atoms with Gasteiger partial charge in [0.2, 0.25) is 0 Å². The first-order valence-electron chi connectivity index (χ1n) is 7.10. The van der Waals surface area contributed by atoms with Crippen molar-refractivity contribution in [2.45, 2.75) is 64.0 Å². The van der Waals surface area contributed by atoms with Crippen molar-refractivity contribution in [3.05, 3.63) is 0 Å². The molecule has 1 saturated carbocycles. The van der Waals surface area contributed by atoms with E-state index in [1.165, 1.54) is 44.9 Å². The Labute approximate surface area is 100 Å². The zero-order valence-corrected chi connectivity index (χ0v) is 10.9. The predicted octanol–water partition coefficient (Wildman–Crippen LogP) is 2.97. The van der Waals surface area contributed by atoms with Gasteiger partial charge in [-0.2, -0.15) is 0 Å². The van der Waals surface area contributed by atoms with E-state index in [-0.39, 0.29) is 0 Å². The monoisotopic (exact) mass is 225 g/mol. The Balaban J connectivity index is 1.62. The molecule has 2 rings (SSSR count). The Morgan fingerprint density at radius 1 is 1.19 bits per heavy atom. The fourth-order valence-electron chi connectivity index (χ4n) is 3.54. The molecule has 0 spiro atoms. The molecule has 16 heavy (non-hydrogen) atoms. The first-order valence-corrected chi connectivity index (χ1v) is 7.10. The largest absolute Gasteiger partial charge is 0.378 e. The quantitative estimate of drug-likeness (QED) is 0.776. The first-order chi connectivity index (χ1) is 7.81. The van der Waals surface area contributed by atoms with Gasteiger partial charge in [-0.05, 0) is 51.0 Å². The van der Waals surface area contributed by atoms with E-state index in [9.17, 15) is 0 Å². The van der Waals surface area contributed by atoms with Crippen LogP contribution in [-0.2, 0) is 4.74 Å². The summed E-state index contributed by atoms with van der Waals surface area (Å²) in [7, 11) is 2.11. The molecule has 1 aliphatic heterocycles. The van der Waals surface area contributed by atoms with Crippen LogP contribution in [0, 0.1) is 11.8 Å². The molecule has 2 aliphatic rings. The maximum Gasteiger partial charge on any atom is 0.0576 e. The summed E-state index contributed by atoms with van der Waals surface area (Å²) >= 11 is 0. The first kappa shape index (κ1) is 12.4. The molecule has 0 amide bonds. The summed E-state index contributed by atoms with van der Waals surface area (Å²) in [6, 6.07) is 0.771. The van der Waals surface area contributed by atoms with Gasteiger partial charge in [0.15, 0.2) is 0 Å². The van der Waals surface area contributed by atoms with Crippen molar-refractivity contribution in [1.82, 2.24) is 5.32 Å². The summed E-state index contributed by atoms with van der Waals surface area (Å²) in [6.07, 6.45) is 10.1. The van der Waals surface area contributed by atoms with Crippen LogP contribution in [0.4, 0.5) is 0 Å². The van der Waals surface area contributed by atoms with Gasteiger partial charge in [-0.15, -0.1) is 0 Å². The lowest BCUT2D eigenvalue weighted by Gasteiger charge is -2.20. The Morgan fingerprint density at radius 2 is 2.06 bits per heavy atom. The highest BCUT2D eigenvalue weighted by Gasteiger charge is 2.31. The van der Waals surface area contributed by atoms with Gasteiger partial charge < -0.3 is 10.1 Å². The molecule has 0 radical (unpaired) electrons. The van der Waals surface area contributed by atoms with Gasteiger partial charge in [-0.25, -0.2) is 0 Å². The zero-order valence-electron chi connectivity index (χ0n) is 10.9. The SMILES string of the molecule is CNC1CCC(CCCC2CCCO2)C1C. The molecule has 0 aromatic rings. The average molecular weight is 225 g/mol. The maximum absolute atomic E-state index is 5.67. The Bertz CT molecular complexity index is 201. The molecule has 2 heteroatoms. The molecular weight excluding hydrogens is 198 g/mol. The molecule has 1 heterocycles. The van der Waals surface area contributed by atoms with Crippen molar-refractivity contribution in [2.24, 2.45) is 11.8 Å². The molecule has 1 saturated heterocycles. The lowest BCUT2D eigenvalue weighted by Crippen LogP contribution is -2.29. The van der Waals surface area contributed by atoms with Gasteiger partial charge in [-0.3, -0.25) is 0 Å². The van der Waals surface area contributed by atoms with E-state index in [2.05, 4.69) is 19.3 Å². The minimum Gasteiger partial charge on any atom is -0.378 e. The molecule has 2 nitrogen and oxygen atoms in total. The van der Waals surface area contributed by atoms with Crippen LogP contribution in [0.25, 0.3) is 0 Å². The van der Waals surface area contributed by atoms with Gasteiger partial charge in [0.1, 0.15) is 0 Å². The van der Waals surface area contributed by atoms with Gasteiger partial charge in [0, 0.05) is 12.6 Å². The fourth-order valence-corrected chi connectivity index (χ4v) is 3.54. The number of ether oxygens (including phenoxy) is 1. The van der Waals surface area contributed by atoms with Crippen LogP contribution in [0.5, 0.6) is 0 Å². The third-order valence-corrected chi connectivity index (χ3v) is 4.72. The third-order valence-electron chi connectivity index (χ3n) is 4.72. The summed E-state index contributed by atoms with van der Waals surface area (Å²) in [5.41, 5.74) is 0. The van der Waals surface area contributed by atoms with E-state index in [0.717, 1.165) is 24.5 Å². The molecular formula is C14H27NO. The van der Waals surface area contributed by atoms with E-state index < -0.39 is 0 Å². The summed E-state index contributed by atoms with van der Waals surface area (Å²) in [4.78, 5) is 0. The van der Waals surface area contributed by atoms with Crippen LogP contribution in [-0.4, -0.2) is 25.8 Å². The number of nitrogens with one attached hydrogen (secondary N) is 1. The number of hydrogen-bond donors (Lipinski definition) is 1. The second-order valence-corrected chi connectivity index (χ2v) is 5.66. The Morgan fingerprint density at radius 3 is 2.69 bits per heavy atom. The molecule has 4 unspecified atom stereocenters. The minimum absolute atomic E-state index is 0.594. The summed E-state index contributed by atoms with van der Waals surface area (Å²) in [5.74, 6) is 1.83. The normalized spacial score (nSPS) is 39.4. The second kappa shape index (κ2) is 6.02. The molecule has 2 fully saturated rings. The molecule has 4 atom stereocenters. The average Bonchev–Trinajstić information content (AvgIpc) is 2.90. The van der Waals surface area contributed by atoms with Crippen molar-refractivity contribution in [3.8, 4) is 0 Å². The van der Waals surface area contributed by atoms with E-state index >= 15 is 0 Å². The molecule has 1 aliphatic carbocycles. The topological polar surface area (TPSA) is 21.3 Å². The van der Waals surface area contributed by atoms with Crippen LogP contribution < -0.4 is 5.32 Å². The zero-order chi connectivity index (χ0) is 11.4. The van der Waals surface area contributed by atoms with E-state index in [1.54, 1.807) is 0 Å². The van der Waals surface area contributed by atoms with Crippen LogP contribution in [0.3, 0.4) is 0 Å². The highest BCUT2D eigenvalue weighted by atomic mass is 16.5. The molecule has 0 aromatic heterocycles. The highest BCUT2D eigenvalue weighted by Crippen LogP contribution is 2.35. The third kappa shape index (κ3) is 2.98. The van der Waals surface area contributed by atoms with Gasteiger partial charge in [0.05, 0.1) is 6.10 Å². The summed E-state index contributed by atoms with van der Waals surface area (Å²) < 4.78 is 5.67. The molecule has 1 N–H and O–H groups in total. The van der Waals surface area contributed by atoms with Crippen LogP contribution in [0.15, 0.2) is 0 Å². The standard InChI is InChI=1S/C14H27NO/c1-11-12(8-9-14(11)15-2)5-3-6-13-7-4-10-16-13/h11-15H,3-10H2,1-2H3. The van der Waals surface area contributed by atoms with Crippen molar-refractivity contribution in [3.63, 3.8) is 0 Å². The number of rotatable bonds is 5. The van der Waals surface area contributed by atoms with Gasteiger partial charge in [0.25, 0.3) is 0 Å². The van der Waals surface area contributed by atoms with Crippen LogP contribution in [0.1, 0.15) is 51.9 Å². The summed E-state index contributed by atoms with van der Waals surface area (Å²) in [6.45, 7) is 3.43. The fraction of sp³-hybridized carbons (Fsp3) is 1.00. The van der Waals surface area contributed by atoms with Crippen molar-refractivity contribution in [2.75, 3.05) is 13.7 Å². The predicted molar refractivity (Wildman–Crippen MR) is 67.6 cm³/mol. The molecule has 0 aromatic carbocycles. The van der Waals surface area contributed by atoms with Crippen LogP contribution in [0.2, 0.25) is 0 Å².